The van der Waals surface area contributed by atoms with E-state index < -0.39 is 5.60 Å². The van der Waals surface area contributed by atoms with Gasteiger partial charge in [-0.1, -0.05) is 40.0 Å². The van der Waals surface area contributed by atoms with Crippen LogP contribution in [0.3, 0.4) is 0 Å². The largest absolute Gasteiger partial charge is 0.229 e. The molecule has 0 saturated carbocycles. The molecule has 0 atom stereocenters. The second kappa shape index (κ2) is 5.59. The van der Waals surface area contributed by atoms with E-state index >= 15 is 0 Å². The van der Waals surface area contributed by atoms with Crippen molar-refractivity contribution in [3.05, 3.63) is 0 Å². The van der Waals surface area contributed by atoms with Crippen LogP contribution in [0.1, 0.15) is 59.3 Å². The molecule has 0 spiro atoms. The molecule has 0 rings (SSSR count). The van der Waals surface area contributed by atoms with Crippen LogP contribution in [0.25, 0.3) is 0 Å². The van der Waals surface area contributed by atoms with Gasteiger partial charge in [0.2, 0.25) is 0 Å². The molecule has 0 fully saturated rings. The molecule has 0 aliphatic heterocycles. The first-order valence-electron chi connectivity index (χ1n) is 4.89. The van der Waals surface area contributed by atoms with Crippen molar-refractivity contribution in [2.45, 2.75) is 64.9 Å². The van der Waals surface area contributed by atoms with Crippen molar-refractivity contribution < 1.29 is 5.11 Å². The van der Waals surface area contributed by atoms with Crippen molar-refractivity contribution in [3.8, 4) is 0 Å². The van der Waals surface area contributed by atoms with Crippen LogP contribution in [-0.2, 0) is 5.11 Å². The summed E-state index contributed by atoms with van der Waals surface area (Å²) in [7, 11) is 0. The molecule has 11 heavy (non-hydrogen) atoms. The van der Waals surface area contributed by atoms with Crippen molar-refractivity contribution >= 4 is 0 Å². The van der Waals surface area contributed by atoms with Crippen LogP contribution in [0, 0.1) is 0 Å². The predicted molar refractivity (Wildman–Crippen MR) is 48.1 cm³/mol. The standard InChI is InChI=1S/C10H21O/c1-4-7-10(11,8-5-2)9-6-3/h4-9H2,1-3H3. The summed E-state index contributed by atoms with van der Waals surface area (Å²) in [6, 6.07) is 0. The molecule has 0 aromatic heterocycles. The van der Waals surface area contributed by atoms with Crippen LogP contribution in [-0.4, -0.2) is 5.60 Å². The van der Waals surface area contributed by atoms with Crippen LogP contribution in [0.2, 0.25) is 0 Å². The van der Waals surface area contributed by atoms with E-state index in [0.717, 1.165) is 38.5 Å². The summed E-state index contributed by atoms with van der Waals surface area (Å²) in [6.07, 6.45) is 5.66. The molecule has 0 aromatic carbocycles. The lowest BCUT2D eigenvalue weighted by Gasteiger charge is -2.23. The molecule has 1 heteroatoms. The molecule has 0 unspecified atom stereocenters. The minimum Gasteiger partial charge on any atom is -0.229 e. The fourth-order valence-corrected chi connectivity index (χ4v) is 1.74. The van der Waals surface area contributed by atoms with E-state index in [1.165, 1.54) is 0 Å². The quantitative estimate of drug-likeness (QED) is 0.562. The Morgan fingerprint density at radius 3 is 1.27 bits per heavy atom. The highest BCUT2D eigenvalue weighted by Crippen LogP contribution is 2.25. The van der Waals surface area contributed by atoms with E-state index in [0.29, 0.717) is 0 Å². The molecule has 0 aliphatic carbocycles. The summed E-state index contributed by atoms with van der Waals surface area (Å²) in [6.45, 7) is 6.29. The Morgan fingerprint density at radius 2 is 1.09 bits per heavy atom. The predicted octanol–water partition coefficient (Wildman–Crippen LogP) is 3.56. The van der Waals surface area contributed by atoms with Crippen LogP contribution in [0.15, 0.2) is 0 Å². The van der Waals surface area contributed by atoms with Crippen LogP contribution < -0.4 is 0 Å². The van der Waals surface area contributed by atoms with Crippen LogP contribution >= 0.6 is 0 Å². The molecule has 0 heterocycles. The van der Waals surface area contributed by atoms with Gasteiger partial charge in [0.25, 0.3) is 0 Å². The molecule has 1 radical (unpaired) electrons. The molecule has 0 amide bonds. The first-order chi connectivity index (χ1) is 5.18. The topological polar surface area (TPSA) is 19.9 Å². The lowest BCUT2D eigenvalue weighted by atomic mass is 9.88. The summed E-state index contributed by atoms with van der Waals surface area (Å²) >= 11 is 0. The lowest BCUT2D eigenvalue weighted by molar-refractivity contribution is -0.0520. The van der Waals surface area contributed by atoms with Gasteiger partial charge in [0.15, 0.2) is 0 Å². The van der Waals surface area contributed by atoms with Gasteiger partial charge in [0.1, 0.15) is 5.60 Å². The Balaban J connectivity index is 3.79. The van der Waals surface area contributed by atoms with E-state index in [2.05, 4.69) is 20.8 Å². The van der Waals surface area contributed by atoms with Crippen LogP contribution in [0.5, 0.6) is 0 Å². The first-order valence-corrected chi connectivity index (χ1v) is 4.89. The highest BCUT2D eigenvalue weighted by molar-refractivity contribution is 4.75. The zero-order valence-corrected chi connectivity index (χ0v) is 8.15. The molecule has 0 aromatic rings. The Kier molecular flexibility index (Phi) is 5.57. The molecular formula is C10H21O. The Labute approximate surface area is 70.8 Å². The van der Waals surface area contributed by atoms with E-state index in [4.69, 9.17) is 0 Å². The smallest absolute Gasteiger partial charge is 0.104 e. The third-order valence-corrected chi connectivity index (χ3v) is 2.12. The van der Waals surface area contributed by atoms with E-state index in [1.54, 1.807) is 0 Å². The van der Waals surface area contributed by atoms with Gasteiger partial charge in [-0.3, -0.25) is 0 Å². The molecule has 0 saturated heterocycles. The third-order valence-electron chi connectivity index (χ3n) is 2.12. The van der Waals surface area contributed by atoms with Crippen molar-refractivity contribution in [3.63, 3.8) is 0 Å². The summed E-state index contributed by atoms with van der Waals surface area (Å²) in [5.74, 6) is 0. The summed E-state index contributed by atoms with van der Waals surface area (Å²) in [4.78, 5) is 0. The van der Waals surface area contributed by atoms with Gasteiger partial charge in [-0.2, -0.15) is 0 Å². The maximum absolute atomic E-state index is 11.9. The zero-order chi connectivity index (χ0) is 8.74. The van der Waals surface area contributed by atoms with Gasteiger partial charge >= 0.3 is 0 Å². The SMILES string of the molecule is CCCC([O])(CCC)CCC. The van der Waals surface area contributed by atoms with Crippen molar-refractivity contribution in [1.29, 1.82) is 0 Å². The van der Waals surface area contributed by atoms with Gasteiger partial charge in [-0.05, 0) is 19.3 Å². The van der Waals surface area contributed by atoms with Gasteiger partial charge in [-0.25, -0.2) is 5.11 Å². The van der Waals surface area contributed by atoms with E-state index in [-0.39, 0.29) is 0 Å². The Hall–Kier alpha value is -0.0400. The highest BCUT2D eigenvalue weighted by Gasteiger charge is 2.25. The summed E-state index contributed by atoms with van der Waals surface area (Å²) in [5, 5.41) is 11.9. The van der Waals surface area contributed by atoms with Crippen LogP contribution in [0.4, 0.5) is 0 Å². The molecule has 67 valence electrons. The average molecular weight is 157 g/mol. The lowest BCUT2D eigenvalue weighted by Crippen LogP contribution is -2.25. The summed E-state index contributed by atoms with van der Waals surface area (Å²) in [5.41, 5.74) is -0.599. The third kappa shape index (κ3) is 4.41. The minimum absolute atomic E-state index is 0.599. The molecule has 0 N–H and O–H groups in total. The number of hydrogen-bond donors (Lipinski definition) is 0. The van der Waals surface area contributed by atoms with Gasteiger partial charge < -0.3 is 0 Å². The van der Waals surface area contributed by atoms with Crippen molar-refractivity contribution in [2.75, 3.05) is 0 Å². The molecule has 0 bridgehead atoms. The first kappa shape index (κ1) is 11.0. The normalized spacial score (nSPS) is 12.0. The van der Waals surface area contributed by atoms with Gasteiger partial charge in [-0.15, -0.1) is 0 Å². The summed E-state index contributed by atoms with van der Waals surface area (Å²) < 4.78 is 0. The monoisotopic (exact) mass is 157 g/mol. The number of hydrogen-bond acceptors (Lipinski definition) is 0. The van der Waals surface area contributed by atoms with E-state index in [1.807, 2.05) is 0 Å². The molecular weight excluding hydrogens is 136 g/mol. The van der Waals surface area contributed by atoms with E-state index in [9.17, 15) is 5.11 Å². The highest BCUT2D eigenvalue weighted by atomic mass is 16.3. The fraction of sp³-hybridized carbons (Fsp3) is 1.00. The molecule has 1 nitrogen and oxygen atoms in total. The minimum atomic E-state index is -0.599. The van der Waals surface area contributed by atoms with Gasteiger partial charge in [0.05, 0.1) is 0 Å². The number of rotatable bonds is 6. The Bertz CT molecular complexity index is 71.9. The maximum Gasteiger partial charge on any atom is 0.104 e. The van der Waals surface area contributed by atoms with Gasteiger partial charge in [0, 0.05) is 0 Å². The van der Waals surface area contributed by atoms with Crippen molar-refractivity contribution in [1.82, 2.24) is 0 Å². The fourth-order valence-electron chi connectivity index (χ4n) is 1.74. The average Bonchev–Trinajstić information content (AvgIpc) is 1.88. The molecule has 0 aliphatic rings. The second-order valence-corrected chi connectivity index (χ2v) is 3.43. The zero-order valence-electron chi connectivity index (χ0n) is 8.15. The Morgan fingerprint density at radius 1 is 0.818 bits per heavy atom. The van der Waals surface area contributed by atoms with Crippen molar-refractivity contribution in [2.24, 2.45) is 0 Å². The second-order valence-electron chi connectivity index (χ2n) is 3.43. The maximum atomic E-state index is 11.9.